The summed E-state index contributed by atoms with van der Waals surface area (Å²) in [5.41, 5.74) is 11.9. The van der Waals surface area contributed by atoms with Crippen LogP contribution in [0.4, 0.5) is 0 Å². The van der Waals surface area contributed by atoms with E-state index in [1.165, 1.54) is 32.6 Å². The van der Waals surface area contributed by atoms with Gasteiger partial charge in [-0.05, 0) is 49.2 Å². The number of rotatable bonds is 2. The fourth-order valence-electron chi connectivity index (χ4n) is 7.33. The smallest absolute Gasteiger partial charge is 0.157 e. The van der Waals surface area contributed by atoms with Gasteiger partial charge in [-0.1, -0.05) is 54.6 Å². The van der Waals surface area contributed by atoms with Gasteiger partial charge in [0.05, 0.1) is 28.3 Å². The molecule has 0 amide bonds. The quantitative estimate of drug-likeness (QED) is 0.188. The number of hydrogen-bond donors (Lipinski definition) is 0. The van der Waals surface area contributed by atoms with Gasteiger partial charge < -0.3 is 4.57 Å². The maximum absolute atomic E-state index is 5.31. The fourth-order valence-corrected chi connectivity index (χ4v) is 7.33. The number of nitrogens with zero attached hydrogens (tertiary/aromatic N) is 8. The van der Waals surface area contributed by atoms with Crippen LogP contribution < -0.4 is 0 Å². The predicted molar refractivity (Wildman–Crippen MR) is 184 cm³/mol. The van der Waals surface area contributed by atoms with Gasteiger partial charge >= 0.3 is 0 Å². The highest BCUT2D eigenvalue weighted by molar-refractivity contribution is 6.27. The lowest BCUT2D eigenvalue weighted by atomic mass is 10.0. The van der Waals surface area contributed by atoms with Gasteiger partial charge in [0.15, 0.2) is 5.82 Å². The zero-order valence-corrected chi connectivity index (χ0v) is 25.0. The summed E-state index contributed by atoms with van der Waals surface area (Å²) in [6.07, 6.45) is 8.56. The van der Waals surface area contributed by atoms with E-state index in [1.807, 2.05) is 6.20 Å². The molecule has 0 atom stereocenters. The summed E-state index contributed by atoms with van der Waals surface area (Å²) < 4.78 is 4.68. The van der Waals surface area contributed by atoms with Crippen LogP contribution in [0.25, 0.3) is 88.2 Å². The average Bonchev–Trinajstić information content (AvgIpc) is 3.63. The molecule has 8 heteroatoms. The molecule has 5 aromatic heterocycles. The normalized spacial score (nSPS) is 12.1. The average molecular weight is 593 g/mol. The molecule has 0 aliphatic heterocycles. The molecule has 5 aromatic carbocycles. The minimum absolute atomic E-state index is 0.648. The van der Waals surface area contributed by atoms with Crippen molar-refractivity contribution in [3.05, 3.63) is 121 Å². The molecule has 216 valence electrons. The molecule has 10 aromatic rings. The van der Waals surface area contributed by atoms with Crippen LogP contribution in [-0.2, 0) is 0 Å². The number of aryl methyl sites for hydroxylation is 2. The van der Waals surface area contributed by atoms with Crippen molar-refractivity contribution in [3.63, 3.8) is 0 Å². The van der Waals surface area contributed by atoms with E-state index in [1.54, 1.807) is 24.8 Å². The van der Waals surface area contributed by atoms with Crippen molar-refractivity contribution >= 4 is 76.7 Å². The maximum Gasteiger partial charge on any atom is 0.157 e. The van der Waals surface area contributed by atoms with E-state index in [0.29, 0.717) is 38.9 Å². The Labute approximate surface area is 261 Å². The van der Waals surface area contributed by atoms with Gasteiger partial charge in [0.1, 0.15) is 33.1 Å². The second kappa shape index (κ2) is 9.12. The van der Waals surface area contributed by atoms with Crippen LogP contribution in [0.3, 0.4) is 0 Å². The third-order valence-corrected chi connectivity index (χ3v) is 9.15. The van der Waals surface area contributed by atoms with Gasteiger partial charge in [0, 0.05) is 52.0 Å². The molecule has 0 fully saturated rings. The molecule has 0 aliphatic carbocycles. The molecular weight excluding hydrogens is 568 g/mol. The highest BCUT2D eigenvalue weighted by atomic mass is 15.1. The second-order valence-corrected chi connectivity index (χ2v) is 11.7. The Hall–Kier alpha value is -6.28. The molecule has 0 radical (unpaired) electrons. The first-order valence-electron chi connectivity index (χ1n) is 15.2. The highest BCUT2D eigenvalue weighted by Gasteiger charge is 2.24. The summed E-state index contributed by atoms with van der Waals surface area (Å²) in [7, 11) is 0. The summed E-state index contributed by atoms with van der Waals surface area (Å²) in [5, 5.41) is 4.80. The number of benzene rings is 5. The van der Waals surface area contributed by atoms with Crippen LogP contribution >= 0.6 is 0 Å². The monoisotopic (exact) mass is 592 g/mol. The van der Waals surface area contributed by atoms with Crippen molar-refractivity contribution in [1.82, 2.24) is 39.0 Å². The first-order valence-corrected chi connectivity index (χ1v) is 15.2. The molecule has 0 saturated carbocycles. The van der Waals surface area contributed by atoms with Crippen molar-refractivity contribution in [2.75, 3.05) is 0 Å². The lowest BCUT2D eigenvalue weighted by Crippen LogP contribution is -2.03. The summed E-state index contributed by atoms with van der Waals surface area (Å²) in [6, 6.07) is 28.1. The number of hydrogen-bond acceptors (Lipinski definition) is 6. The predicted octanol–water partition coefficient (Wildman–Crippen LogP) is 8.33. The van der Waals surface area contributed by atoms with Crippen LogP contribution in [0.2, 0.25) is 0 Å². The van der Waals surface area contributed by atoms with E-state index in [2.05, 4.69) is 117 Å². The van der Waals surface area contributed by atoms with E-state index < -0.39 is 0 Å². The zero-order chi connectivity index (χ0) is 30.5. The highest BCUT2D eigenvalue weighted by Crippen LogP contribution is 2.44. The lowest BCUT2D eigenvalue weighted by molar-refractivity contribution is 1.06. The van der Waals surface area contributed by atoms with Crippen LogP contribution in [-0.4, -0.2) is 39.0 Å². The number of para-hydroxylation sites is 3. The van der Waals surface area contributed by atoms with Crippen molar-refractivity contribution in [2.45, 2.75) is 13.8 Å². The van der Waals surface area contributed by atoms with Gasteiger partial charge in [-0.15, -0.1) is 0 Å². The molecular formula is C38H24N8. The lowest BCUT2D eigenvalue weighted by Gasteiger charge is -2.13. The zero-order valence-electron chi connectivity index (χ0n) is 25.0. The van der Waals surface area contributed by atoms with Gasteiger partial charge in [-0.3, -0.25) is 24.5 Å². The van der Waals surface area contributed by atoms with Gasteiger partial charge in [0.2, 0.25) is 0 Å². The Morgan fingerprint density at radius 1 is 0.478 bits per heavy atom. The molecule has 0 spiro atoms. The number of aromatic nitrogens is 8. The molecule has 10 rings (SSSR count). The third-order valence-electron chi connectivity index (χ3n) is 9.15. The molecule has 5 heterocycles. The first kappa shape index (κ1) is 25.1. The van der Waals surface area contributed by atoms with E-state index >= 15 is 0 Å². The Kier molecular flexibility index (Phi) is 4.97. The van der Waals surface area contributed by atoms with Gasteiger partial charge in [-0.2, -0.15) is 0 Å². The second-order valence-electron chi connectivity index (χ2n) is 11.7. The molecule has 0 N–H and O–H groups in total. The molecule has 8 nitrogen and oxygen atoms in total. The van der Waals surface area contributed by atoms with E-state index in [9.17, 15) is 0 Å². The molecule has 0 unspecified atom stereocenters. The Bertz CT molecular complexity index is 2850. The van der Waals surface area contributed by atoms with Gasteiger partial charge in [-0.25, -0.2) is 9.97 Å². The summed E-state index contributed by atoms with van der Waals surface area (Å²) in [4.78, 5) is 28.8. The van der Waals surface area contributed by atoms with Crippen LogP contribution in [0.15, 0.2) is 110 Å². The Morgan fingerprint density at radius 3 is 1.85 bits per heavy atom. The Morgan fingerprint density at radius 2 is 1.11 bits per heavy atom. The molecule has 0 bridgehead atoms. The summed E-state index contributed by atoms with van der Waals surface area (Å²) in [6.45, 7) is 4.36. The van der Waals surface area contributed by atoms with E-state index in [4.69, 9.17) is 15.0 Å². The molecule has 0 aliphatic rings. The molecule has 46 heavy (non-hydrogen) atoms. The standard InChI is InChI=1S/C38H24N8/c1-21-9-8-13-25-29-37(22(2)19-26-24-12-6-7-14-27(24)45(38(26)29)23-10-4-3-5-11-23)46(36(21)25)28-20-43-34-32-30(39-15-16-41-32)31-33(35(34)44-28)42-18-17-40-31/h3-20H,1-2H3. The maximum atomic E-state index is 5.31. The van der Waals surface area contributed by atoms with E-state index in [-0.39, 0.29) is 0 Å². The summed E-state index contributed by atoms with van der Waals surface area (Å²) in [5.74, 6) is 0.710. The van der Waals surface area contributed by atoms with Crippen molar-refractivity contribution in [3.8, 4) is 11.5 Å². The molecule has 0 saturated heterocycles. The van der Waals surface area contributed by atoms with Crippen molar-refractivity contribution in [1.29, 1.82) is 0 Å². The van der Waals surface area contributed by atoms with Crippen LogP contribution in [0.1, 0.15) is 11.1 Å². The van der Waals surface area contributed by atoms with Crippen molar-refractivity contribution in [2.24, 2.45) is 0 Å². The van der Waals surface area contributed by atoms with E-state index in [0.717, 1.165) is 27.8 Å². The van der Waals surface area contributed by atoms with Crippen LogP contribution in [0, 0.1) is 13.8 Å². The minimum atomic E-state index is 0.648. The summed E-state index contributed by atoms with van der Waals surface area (Å²) >= 11 is 0. The largest absolute Gasteiger partial charge is 0.309 e. The van der Waals surface area contributed by atoms with Crippen molar-refractivity contribution < 1.29 is 0 Å². The minimum Gasteiger partial charge on any atom is -0.309 e. The van der Waals surface area contributed by atoms with Gasteiger partial charge in [0.25, 0.3) is 0 Å². The topological polar surface area (TPSA) is 87.2 Å². The Balaban J connectivity index is 1.42. The first-order chi connectivity index (χ1) is 22.7. The third kappa shape index (κ3) is 3.22. The fraction of sp³-hybridized carbons (Fsp3) is 0.0526. The SMILES string of the molecule is Cc1cccc2c3c(c(C)cc4c5ccccc5n(-c5ccccc5)c43)n(-c3cnc4c5nccnc5c5nccnc5c4n3)c12. The van der Waals surface area contributed by atoms with Crippen LogP contribution in [0.5, 0.6) is 0 Å². The number of fused-ring (bicyclic) bond motifs is 13.